The predicted octanol–water partition coefficient (Wildman–Crippen LogP) is 2.82. The van der Waals surface area contributed by atoms with Crippen LogP contribution >= 0.6 is 23.2 Å². The Morgan fingerprint density at radius 3 is 2.47 bits per heavy atom. The van der Waals surface area contributed by atoms with Gasteiger partial charge in [-0.1, -0.05) is 29.3 Å². The van der Waals surface area contributed by atoms with Crippen LogP contribution in [0.1, 0.15) is 25.5 Å². The lowest BCUT2D eigenvalue weighted by Gasteiger charge is -2.30. The van der Waals surface area contributed by atoms with E-state index in [0.29, 0.717) is 10.0 Å². The molecule has 4 nitrogen and oxygen atoms in total. The Hall–Kier alpha value is -0.810. The quantitative estimate of drug-likeness (QED) is 0.878. The van der Waals surface area contributed by atoms with Gasteiger partial charge < -0.3 is 10.2 Å². The molecule has 0 aliphatic carbocycles. The second kappa shape index (κ2) is 6.09. The van der Waals surface area contributed by atoms with E-state index < -0.39 is 11.6 Å². The lowest BCUT2D eigenvalue weighted by Crippen LogP contribution is -2.46. The average molecular weight is 306 g/mol. The topological polar surface area (TPSA) is 60.8 Å². The van der Waals surface area contributed by atoms with Gasteiger partial charge in [0.15, 0.2) is 5.60 Å². The van der Waals surface area contributed by atoms with E-state index in [1.165, 1.54) is 6.92 Å². The van der Waals surface area contributed by atoms with Crippen molar-refractivity contribution in [1.29, 1.82) is 0 Å². The number of likely N-dealkylation sites (N-methyl/N-ethyl adjacent to an activating group) is 1. The first-order chi connectivity index (χ1) is 8.65. The van der Waals surface area contributed by atoms with Crippen LogP contribution < -0.4 is 0 Å². The Balaban J connectivity index is 2.85. The molecule has 0 aliphatic rings. The van der Waals surface area contributed by atoms with Crippen molar-refractivity contribution in [2.45, 2.75) is 25.5 Å². The van der Waals surface area contributed by atoms with Crippen LogP contribution in [0.5, 0.6) is 0 Å². The lowest BCUT2D eigenvalue weighted by molar-refractivity contribution is -0.158. The van der Waals surface area contributed by atoms with Gasteiger partial charge in [-0.2, -0.15) is 0 Å². The van der Waals surface area contributed by atoms with Crippen molar-refractivity contribution in [2.75, 3.05) is 13.6 Å². The fraction of sp³-hybridized carbons (Fsp3) is 0.462. The molecule has 0 radical (unpaired) electrons. The van der Waals surface area contributed by atoms with E-state index in [2.05, 4.69) is 0 Å². The number of hydrogen-bond acceptors (Lipinski definition) is 3. The van der Waals surface area contributed by atoms with Crippen molar-refractivity contribution in [2.24, 2.45) is 0 Å². The highest BCUT2D eigenvalue weighted by Crippen LogP contribution is 2.28. The molecule has 0 fully saturated rings. The maximum atomic E-state index is 10.9. The molecule has 0 bridgehead atoms. The highest BCUT2D eigenvalue weighted by Gasteiger charge is 2.32. The second-order valence-electron chi connectivity index (χ2n) is 4.84. The lowest BCUT2D eigenvalue weighted by atomic mass is 10.0. The van der Waals surface area contributed by atoms with Gasteiger partial charge in [0.2, 0.25) is 0 Å². The van der Waals surface area contributed by atoms with E-state index in [0.717, 1.165) is 5.56 Å². The largest absolute Gasteiger partial charge is 0.479 e. The molecule has 6 heteroatoms. The van der Waals surface area contributed by atoms with Crippen LogP contribution in [0.25, 0.3) is 0 Å². The Morgan fingerprint density at radius 1 is 1.42 bits per heavy atom. The number of rotatable bonds is 5. The van der Waals surface area contributed by atoms with Gasteiger partial charge in [-0.3, -0.25) is 4.90 Å². The molecule has 2 unspecified atom stereocenters. The van der Waals surface area contributed by atoms with Crippen LogP contribution in [-0.2, 0) is 4.79 Å². The molecule has 106 valence electrons. The molecular weight excluding hydrogens is 289 g/mol. The summed E-state index contributed by atoms with van der Waals surface area (Å²) in [4.78, 5) is 12.6. The minimum atomic E-state index is -1.79. The van der Waals surface area contributed by atoms with E-state index in [1.807, 2.05) is 13.0 Å². The maximum absolute atomic E-state index is 10.9. The van der Waals surface area contributed by atoms with Crippen LogP contribution in [0.3, 0.4) is 0 Å². The summed E-state index contributed by atoms with van der Waals surface area (Å²) in [7, 11) is 1.74. The fourth-order valence-electron chi connectivity index (χ4n) is 1.72. The number of carbonyl (C=O) groups is 1. The number of carboxylic acid groups (broad SMARTS) is 1. The molecule has 2 atom stereocenters. The van der Waals surface area contributed by atoms with Gasteiger partial charge in [-0.25, -0.2) is 4.79 Å². The van der Waals surface area contributed by atoms with Crippen LogP contribution in [0.2, 0.25) is 10.0 Å². The van der Waals surface area contributed by atoms with Crippen LogP contribution in [-0.4, -0.2) is 40.3 Å². The number of aliphatic hydroxyl groups is 1. The van der Waals surface area contributed by atoms with E-state index in [9.17, 15) is 9.90 Å². The number of benzene rings is 1. The van der Waals surface area contributed by atoms with Gasteiger partial charge in [0.25, 0.3) is 0 Å². The summed E-state index contributed by atoms with van der Waals surface area (Å²) in [5.74, 6) is -1.25. The summed E-state index contributed by atoms with van der Waals surface area (Å²) in [6.07, 6.45) is 0. The molecule has 0 saturated heterocycles. The normalized spacial score (nSPS) is 16.2. The Labute approximate surface area is 122 Å². The molecule has 0 amide bonds. The minimum Gasteiger partial charge on any atom is -0.479 e. The molecule has 0 saturated carbocycles. The third-order valence-corrected chi connectivity index (χ3v) is 3.84. The highest BCUT2D eigenvalue weighted by molar-refractivity contribution is 6.42. The molecule has 0 aromatic heterocycles. The number of aliphatic carboxylic acids is 1. The Kier molecular flexibility index (Phi) is 5.21. The van der Waals surface area contributed by atoms with Gasteiger partial charge in [0.05, 0.1) is 10.0 Å². The summed E-state index contributed by atoms with van der Waals surface area (Å²) >= 11 is 11.8. The maximum Gasteiger partial charge on any atom is 0.336 e. The van der Waals surface area contributed by atoms with Crippen LogP contribution in [0, 0.1) is 0 Å². The van der Waals surface area contributed by atoms with Crippen LogP contribution in [0.15, 0.2) is 18.2 Å². The number of hydrogen-bond donors (Lipinski definition) is 2. The molecule has 1 aromatic rings. The first kappa shape index (κ1) is 16.2. The second-order valence-corrected chi connectivity index (χ2v) is 5.66. The number of halogens is 2. The Morgan fingerprint density at radius 2 is 2.00 bits per heavy atom. The molecule has 19 heavy (non-hydrogen) atoms. The van der Waals surface area contributed by atoms with Gasteiger partial charge >= 0.3 is 5.97 Å². The van der Waals surface area contributed by atoms with Crippen LogP contribution in [0.4, 0.5) is 0 Å². The number of carboxylic acids is 1. The standard InChI is InChI=1S/C13H17Cl2NO3/c1-8(9-4-5-10(14)11(15)6-9)16(3)7-13(2,19)12(17)18/h4-6,8,19H,7H2,1-3H3,(H,17,18). The highest BCUT2D eigenvalue weighted by atomic mass is 35.5. The summed E-state index contributed by atoms with van der Waals surface area (Å²) < 4.78 is 0. The van der Waals surface area contributed by atoms with Gasteiger partial charge in [0.1, 0.15) is 0 Å². The fourth-order valence-corrected chi connectivity index (χ4v) is 2.02. The molecule has 0 aliphatic heterocycles. The minimum absolute atomic E-state index is 0.00372. The molecule has 2 N–H and O–H groups in total. The number of nitrogens with zero attached hydrogens (tertiary/aromatic N) is 1. The van der Waals surface area contributed by atoms with E-state index >= 15 is 0 Å². The zero-order valence-electron chi connectivity index (χ0n) is 11.0. The van der Waals surface area contributed by atoms with Crippen molar-refractivity contribution in [3.8, 4) is 0 Å². The monoisotopic (exact) mass is 305 g/mol. The van der Waals surface area contributed by atoms with Crippen molar-refractivity contribution >= 4 is 29.2 Å². The molecule has 0 heterocycles. The average Bonchev–Trinajstić information content (AvgIpc) is 2.31. The molecule has 1 rings (SSSR count). The zero-order valence-corrected chi connectivity index (χ0v) is 12.5. The van der Waals surface area contributed by atoms with Gasteiger partial charge in [-0.15, -0.1) is 0 Å². The SMILES string of the molecule is CC(c1ccc(Cl)c(Cl)c1)N(C)CC(C)(O)C(=O)O. The van der Waals surface area contributed by atoms with E-state index in [4.69, 9.17) is 28.3 Å². The van der Waals surface area contributed by atoms with Crippen molar-refractivity contribution < 1.29 is 15.0 Å². The molecular formula is C13H17Cl2NO3. The third kappa shape index (κ3) is 4.08. The smallest absolute Gasteiger partial charge is 0.336 e. The molecule has 0 spiro atoms. The van der Waals surface area contributed by atoms with Gasteiger partial charge in [0, 0.05) is 12.6 Å². The molecule has 1 aromatic carbocycles. The zero-order chi connectivity index (χ0) is 14.8. The Bertz CT molecular complexity index is 477. The first-order valence-electron chi connectivity index (χ1n) is 5.76. The van der Waals surface area contributed by atoms with E-state index in [-0.39, 0.29) is 12.6 Å². The predicted molar refractivity (Wildman–Crippen MR) is 75.8 cm³/mol. The van der Waals surface area contributed by atoms with Crippen molar-refractivity contribution in [1.82, 2.24) is 4.90 Å². The first-order valence-corrected chi connectivity index (χ1v) is 6.51. The van der Waals surface area contributed by atoms with Crippen molar-refractivity contribution in [3.05, 3.63) is 33.8 Å². The summed E-state index contributed by atoms with van der Waals surface area (Å²) in [5.41, 5.74) is -0.891. The third-order valence-electron chi connectivity index (χ3n) is 3.11. The summed E-state index contributed by atoms with van der Waals surface area (Å²) in [6, 6.07) is 5.16. The van der Waals surface area contributed by atoms with Crippen molar-refractivity contribution in [3.63, 3.8) is 0 Å². The summed E-state index contributed by atoms with van der Waals surface area (Å²) in [5, 5.41) is 19.6. The van der Waals surface area contributed by atoms with E-state index in [1.54, 1.807) is 24.1 Å². The van der Waals surface area contributed by atoms with Gasteiger partial charge in [-0.05, 0) is 38.6 Å². The summed E-state index contributed by atoms with van der Waals surface area (Å²) in [6.45, 7) is 3.18.